The molecule has 2 nitrogen and oxygen atoms in total. The molecule has 9 atom stereocenters. The van der Waals surface area contributed by atoms with Crippen LogP contribution in [0.5, 0.6) is 0 Å². The summed E-state index contributed by atoms with van der Waals surface area (Å²) in [6.45, 7) is 11.9. The van der Waals surface area contributed by atoms with Gasteiger partial charge in [0.2, 0.25) is 0 Å². The van der Waals surface area contributed by atoms with Gasteiger partial charge in [-0.15, -0.1) is 0 Å². The molecular weight excluding hydrogens is 485 g/mol. The van der Waals surface area contributed by atoms with Crippen molar-refractivity contribution in [3.05, 3.63) is 0 Å². The molecule has 5 saturated carbocycles. The minimum absolute atomic E-state index is 0.0181. The Bertz CT molecular complexity index is 863. The largest absolute Gasteiger partial charge is 0.417 e. The van der Waals surface area contributed by atoms with Gasteiger partial charge in [-0.3, -0.25) is 0 Å². The van der Waals surface area contributed by atoms with Crippen molar-refractivity contribution in [3.63, 3.8) is 0 Å². The van der Waals surface area contributed by atoms with Gasteiger partial charge in [0.25, 0.3) is 0 Å². The summed E-state index contributed by atoms with van der Waals surface area (Å²) in [5.74, 6) is 3.08. The van der Waals surface area contributed by atoms with E-state index in [-0.39, 0.29) is 24.2 Å². The van der Waals surface area contributed by atoms with Crippen molar-refractivity contribution in [1.29, 1.82) is 0 Å². The van der Waals surface area contributed by atoms with Crippen molar-refractivity contribution >= 4 is 0 Å². The van der Waals surface area contributed by atoms with Crippen LogP contribution in [0.4, 0.5) is 13.2 Å². The maximum atomic E-state index is 13.7. The molecule has 1 unspecified atom stereocenters. The molecule has 0 aromatic carbocycles. The average Bonchev–Trinajstić information content (AvgIpc) is 3.22. The van der Waals surface area contributed by atoms with Crippen LogP contribution in [-0.2, 0) is 0 Å². The molecule has 0 amide bonds. The summed E-state index contributed by atoms with van der Waals surface area (Å²) in [6.07, 6.45) is 9.91. The quantitative estimate of drug-likeness (QED) is 0.365. The van der Waals surface area contributed by atoms with Gasteiger partial charge in [0, 0.05) is 0 Å². The van der Waals surface area contributed by atoms with Crippen LogP contribution in [0.3, 0.4) is 0 Å². The Morgan fingerprint density at radius 2 is 1.45 bits per heavy atom. The minimum atomic E-state index is -4.52. The van der Waals surface area contributed by atoms with Crippen molar-refractivity contribution < 1.29 is 23.4 Å². The van der Waals surface area contributed by atoms with Crippen LogP contribution in [-0.4, -0.2) is 27.6 Å². The topological polar surface area (TPSA) is 40.5 Å². The van der Waals surface area contributed by atoms with E-state index in [0.717, 1.165) is 57.8 Å². The van der Waals surface area contributed by atoms with Gasteiger partial charge in [-0.05, 0) is 148 Å². The number of hydrogen-bond donors (Lipinski definition) is 2. The number of halogens is 3. The second kappa shape index (κ2) is 9.63. The van der Waals surface area contributed by atoms with Gasteiger partial charge in [0.05, 0.1) is 5.60 Å². The number of hydrogen-bond acceptors (Lipinski definition) is 2. The summed E-state index contributed by atoms with van der Waals surface area (Å²) in [5, 5.41) is 21.9. The third-order valence-corrected chi connectivity index (χ3v) is 14.3. The van der Waals surface area contributed by atoms with E-state index >= 15 is 0 Å². The molecule has 5 fully saturated rings. The van der Waals surface area contributed by atoms with Crippen molar-refractivity contribution in [2.75, 3.05) is 0 Å². The molecule has 0 aliphatic heterocycles. The lowest BCUT2D eigenvalue weighted by molar-refractivity contribution is -0.290. The van der Waals surface area contributed by atoms with Crippen LogP contribution in [0.25, 0.3) is 0 Å². The zero-order valence-electron chi connectivity index (χ0n) is 24.8. The fourth-order valence-electron chi connectivity index (χ4n) is 11.1. The second-order valence-electron chi connectivity index (χ2n) is 16.0. The maximum absolute atomic E-state index is 13.7. The molecule has 0 radical (unpaired) electrons. The Morgan fingerprint density at radius 3 is 2.08 bits per heavy atom. The summed E-state index contributed by atoms with van der Waals surface area (Å²) in [6, 6.07) is 0. The first-order valence-corrected chi connectivity index (χ1v) is 16.1. The lowest BCUT2D eigenvalue weighted by atomic mass is 9.43. The first-order chi connectivity index (χ1) is 17.6. The summed E-state index contributed by atoms with van der Waals surface area (Å²) in [5.41, 5.74) is -2.31. The van der Waals surface area contributed by atoms with Gasteiger partial charge in [0.15, 0.2) is 5.60 Å². The Balaban J connectivity index is 1.23. The standard InChI is InChI=1S/C33H55F3O2/c1-6-28(3)15-18-31(37,19-16-28)14-11-22(2)25-9-10-26-24-8-7-23-21-32(38,33(34,35)36)20-17-29(23,4)27(24)12-13-30(25,26)5/h22-27,37-38H,6-21H2,1-5H3/t22-,23+,24+,25-,26?,27+,28?,29+,30-,31?,32+/m1/s1. The molecule has 220 valence electrons. The fraction of sp³-hybridized carbons (Fsp3) is 1.00. The molecular formula is C33H55F3O2. The van der Waals surface area contributed by atoms with Crippen molar-refractivity contribution in [1.82, 2.24) is 0 Å². The zero-order chi connectivity index (χ0) is 27.8. The SMILES string of the molecule is CCC1(C)CCC(O)(CC[C@@H](C)[C@H]2CCC3[C@@H]4CC[C@H]5C[C@](O)(C(F)(F)F)CC[C@]5(C)[C@H]4CC[C@@]32C)CC1. The number of fused-ring (bicyclic) bond motifs is 5. The van der Waals surface area contributed by atoms with E-state index in [1.165, 1.54) is 25.7 Å². The molecule has 0 spiro atoms. The number of rotatable bonds is 5. The van der Waals surface area contributed by atoms with Crippen LogP contribution < -0.4 is 0 Å². The molecule has 0 aromatic heterocycles. The van der Waals surface area contributed by atoms with Crippen molar-refractivity contribution in [2.45, 2.75) is 155 Å². The molecule has 5 aliphatic rings. The van der Waals surface area contributed by atoms with Gasteiger partial charge in [-0.25, -0.2) is 0 Å². The Labute approximate surface area is 229 Å². The van der Waals surface area contributed by atoms with Gasteiger partial charge in [0.1, 0.15) is 0 Å². The molecule has 5 rings (SSSR count). The van der Waals surface area contributed by atoms with Crippen molar-refractivity contribution in [2.24, 2.45) is 51.8 Å². The molecule has 0 heterocycles. The normalized spacial score (nSPS) is 52.1. The Hall–Kier alpha value is -0.290. The van der Waals surface area contributed by atoms with Crippen LogP contribution >= 0.6 is 0 Å². The highest BCUT2D eigenvalue weighted by molar-refractivity contribution is 5.11. The first-order valence-electron chi connectivity index (χ1n) is 16.1. The van der Waals surface area contributed by atoms with E-state index in [1.807, 2.05) is 0 Å². The van der Waals surface area contributed by atoms with E-state index in [4.69, 9.17) is 0 Å². The predicted octanol–water partition coefficient (Wildman–Crippen LogP) is 9.08. The van der Waals surface area contributed by atoms with Crippen LogP contribution in [0, 0.1) is 51.8 Å². The number of alkyl halides is 3. The van der Waals surface area contributed by atoms with E-state index in [1.54, 1.807) is 0 Å². The lowest BCUT2D eigenvalue weighted by Crippen LogP contribution is -2.59. The predicted molar refractivity (Wildman–Crippen MR) is 146 cm³/mol. The molecule has 2 N–H and O–H groups in total. The summed E-state index contributed by atoms with van der Waals surface area (Å²) in [7, 11) is 0. The van der Waals surface area contributed by atoms with Gasteiger partial charge >= 0.3 is 6.18 Å². The number of aliphatic hydroxyl groups is 2. The molecule has 5 heteroatoms. The third-order valence-electron chi connectivity index (χ3n) is 14.3. The van der Waals surface area contributed by atoms with E-state index in [2.05, 4.69) is 34.6 Å². The van der Waals surface area contributed by atoms with Gasteiger partial charge in [-0.2, -0.15) is 13.2 Å². The monoisotopic (exact) mass is 540 g/mol. The first kappa shape index (κ1) is 29.2. The third kappa shape index (κ3) is 4.70. The van der Waals surface area contributed by atoms with Gasteiger partial charge < -0.3 is 10.2 Å². The molecule has 0 saturated heterocycles. The van der Waals surface area contributed by atoms with E-state index in [0.29, 0.717) is 46.8 Å². The molecule has 0 aromatic rings. The molecule has 38 heavy (non-hydrogen) atoms. The van der Waals surface area contributed by atoms with Crippen LogP contribution in [0.1, 0.15) is 137 Å². The Morgan fingerprint density at radius 1 is 0.789 bits per heavy atom. The van der Waals surface area contributed by atoms with Crippen LogP contribution in [0.15, 0.2) is 0 Å². The average molecular weight is 541 g/mol. The highest BCUT2D eigenvalue weighted by Gasteiger charge is 2.65. The summed E-state index contributed by atoms with van der Waals surface area (Å²) < 4.78 is 41.0. The lowest BCUT2D eigenvalue weighted by Gasteiger charge is -2.62. The minimum Gasteiger partial charge on any atom is -0.390 e. The van der Waals surface area contributed by atoms with E-state index < -0.39 is 17.4 Å². The zero-order valence-corrected chi connectivity index (χ0v) is 24.8. The maximum Gasteiger partial charge on any atom is 0.417 e. The summed E-state index contributed by atoms with van der Waals surface area (Å²) in [4.78, 5) is 0. The van der Waals surface area contributed by atoms with E-state index in [9.17, 15) is 23.4 Å². The summed E-state index contributed by atoms with van der Waals surface area (Å²) >= 11 is 0. The molecule has 0 bridgehead atoms. The van der Waals surface area contributed by atoms with Crippen LogP contribution in [0.2, 0.25) is 0 Å². The highest BCUT2D eigenvalue weighted by atomic mass is 19.4. The van der Waals surface area contributed by atoms with Gasteiger partial charge in [-0.1, -0.05) is 41.0 Å². The second-order valence-corrected chi connectivity index (χ2v) is 16.0. The Kier molecular flexibility index (Phi) is 7.41. The fourth-order valence-corrected chi connectivity index (χ4v) is 11.1. The molecule has 5 aliphatic carbocycles. The highest BCUT2D eigenvalue weighted by Crippen LogP contribution is 2.69. The smallest absolute Gasteiger partial charge is 0.390 e. The van der Waals surface area contributed by atoms with Crippen molar-refractivity contribution in [3.8, 4) is 0 Å².